The molecule has 0 radical (unpaired) electrons. The Bertz CT molecular complexity index is 908. The highest BCUT2D eigenvalue weighted by atomic mass is 35.5. The van der Waals surface area contributed by atoms with Crippen LogP contribution < -0.4 is 10.6 Å². The second-order valence-corrected chi connectivity index (χ2v) is 7.08. The molecule has 6 nitrogen and oxygen atoms in total. The van der Waals surface area contributed by atoms with Crippen LogP contribution in [0.15, 0.2) is 53.3 Å². The SMILES string of the molecule is C[C@H](NC(=O)c1ccco1)C(=O)Nc1ncc(Cc2ccccc2Cl)s1. The summed E-state index contributed by atoms with van der Waals surface area (Å²) in [7, 11) is 0. The predicted octanol–water partition coefficient (Wildman–Crippen LogP) is 3.74. The fraction of sp³-hybridized carbons (Fsp3) is 0.167. The van der Waals surface area contributed by atoms with E-state index in [1.807, 2.05) is 24.3 Å². The topological polar surface area (TPSA) is 84.2 Å². The lowest BCUT2D eigenvalue weighted by Gasteiger charge is -2.11. The molecule has 0 bridgehead atoms. The summed E-state index contributed by atoms with van der Waals surface area (Å²) in [5.74, 6) is -0.652. The number of carbonyl (C=O) groups is 2. The maximum Gasteiger partial charge on any atom is 0.287 e. The third kappa shape index (κ3) is 4.50. The van der Waals surface area contributed by atoms with E-state index >= 15 is 0 Å². The molecule has 0 unspecified atom stereocenters. The van der Waals surface area contributed by atoms with Crippen LogP contribution in [0.25, 0.3) is 0 Å². The molecule has 134 valence electrons. The van der Waals surface area contributed by atoms with Gasteiger partial charge in [0, 0.05) is 22.5 Å². The number of nitrogens with one attached hydrogen (secondary N) is 2. The molecule has 26 heavy (non-hydrogen) atoms. The van der Waals surface area contributed by atoms with Crippen LogP contribution >= 0.6 is 22.9 Å². The van der Waals surface area contributed by atoms with Gasteiger partial charge in [-0.1, -0.05) is 29.8 Å². The molecule has 3 aromatic rings. The highest BCUT2D eigenvalue weighted by molar-refractivity contribution is 7.15. The van der Waals surface area contributed by atoms with E-state index in [9.17, 15) is 9.59 Å². The van der Waals surface area contributed by atoms with E-state index in [2.05, 4.69) is 15.6 Å². The Morgan fingerprint density at radius 3 is 2.81 bits per heavy atom. The van der Waals surface area contributed by atoms with Gasteiger partial charge >= 0.3 is 0 Å². The zero-order chi connectivity index (χ0) is 18.5. The van der Waals surface area contributed by atoms with Gasteiger partial charge < -0.3 is 15.1 Å². The van der Waals surface area contributed by atoms with Crippen molar-refractivity contribution in [2.45, 2.75) is 19.4 Å². The minimum atomic E-state index is -0.733. The summed E-state index contributed by atoms with van der Waals surface area (Å²) in [4.78, 5) is 29.3. The molecule has 0 spiro atoms. The van der Waals surface area contributed by atoms with Crippen LogP contribution in [0.5, 0.6) is 0 Å². The lowest BCUT2D eigenvalue weighted by atomic mass is 10.1. The Balaban J connectivity index is 1.57. The smallest absolute Gasteiger partial charge is 0.287 e. The van der Waals surface area contributed by atoms with Crippen molar-refractivity contribution in [3.05, 3.63) is 70.1 Å². The Morgan fingerprint density at radius 1 is 1.27 bits per heavy atom. The van der Waals surface area contributed by atoms with E-state index in [1.165, 1.54) is 23.7 Å². The van der Waals surface area contributed by atoms with Crippen molar-refractivity contribution < 1.29 is 14.0 Å². The highest BCUT2D eigenvalue weighted by Gasteiger charge is 2.19. The fourth-order valence-corrected chi connectivity index (χ4v) is 3.27. The molecule has 1 aromatic carbocycles. The van der Waals surface area contributed by atoms with Crippen LogP contribution in [-0.4, -0.2) is 22.8 Å². The minimum Gasteiger partial charge on any atom is -0.459 e. The molecule has 0 saturated heterocycles. The van der Waals surface area contributed by atoms with Gasteiger partial charge in [0.25, 0.3) is 5.91 Å². The number of hydrogen-bond donors (Lipinski definition) is 2. The number of furan rings is 1. The van der Waals surface area contributed by atoms with Gasteiger partial charge in [-0.2, -0.15) is 0 Å². The van der Waals surface area contributed by atoms with Gasteiger partial charge in [-0.15, -0.1) is 11.3 Å². The second-order valence-electron chi connectivity index (χ2n) is 5.56. The summed E-state index contributed by atoms with van der Waals surface area (Å²) in [5, 5.41) is 6.44. The molecule has 0 saturated carbocycles. The first-order chi connectivity index (χ1) is 12.5. The number of anilines is 1. The van der Waals surface area contributed by atoms with Gasteiger partial charge in [0.15, 0.2) is 10.9 Å². The van der Waals surface area contributed by atoms with Crippen molar-refractivity contribution in [2.75, 3.05) is 5.32 Å². The molecule has 0 aliphatic rings. The Morgan fingerprint density at radius 2 is 2.08 bits per heavy atom. The van der Waals surface area contributed by atoms with Crippen molar-refractivity contribution in [2.24, 2.45) is 0 Å². The van der Waals surface area contributed by atoms with Gasteiger partial charge in [-0.3, -0.25) is 9.59 Å². The molecule has 8 heteroatoms. The number of aromatic nitrogens is 1. The Hall–Kier alpha value is -2.64. The first-order valence-corrected chi connectivity index (χ1v) is 9.05. The molecule has 3 rings (SSSR count). The third-order valence-electron chi connectivity index (χ3n) is 3.59. The molecular weight excluding hydrogens is 374 g/mol. The van der Waals surface area contributed by atoms with Crippen molar-refractivity contribution >= 4 is 39.9 Å². The van der Waals surface area contributed by atoms with Crippen molar-refractivity contribution in [1.29, 1.82) is 0 Å². The average Bonchev–Trinajstić information content (AvgIpc) is 3.29. The number of rotatable bonds is 6. The summed E-state index contributed by atoms with van der Waals surface area (Å²) >= 11 is 7.53. The summed E-state index contributed by atoms with van der Waals surface area (Å²) in [6.45, 7) is 1.59. The summed E-state index contributed by atoms with van der Waals surface area (Å²) in [5.41, 5.74) is 0.995. The first kappa shape index (κ1) is 18.2. The number of halogens is 1. The number of amides is 2. The number of thiazole rings is 1. The lowest BCUT2D eigenvalue weighted by molar-refractivity contribution is -0.117. The number of hydrogen-bond acceptors (Lipinski definition) is 5. The lowest BCUT2D eigenvalue weighted by Crippen LogP contribution is -2.41. The number of benzene rings is 1. The Labute approximate surface area is 159 Å². The third-order valence-corrected chi connectivity index (χ3v) is 4.87. The maximum absolute atomic E-state index is 12.2. The van der Waals surface area contributed by atoms with Crippen LogP contribution in [0.1, 0.15) is 27.9 Å². The molecule has 2 N–H and O–H groups in total. The van der Waals surface area contributed by atoms with E-state index in [1.54, 1.807) is 19.2 Å². The van der Waals surface area contributed by atoms with Crippen molar-refractivity contribution in [1.82, 2.24) is 10.3 Å². The average molecular weight is 390 g/mol. The zero-order valence-electron chi connectivity index (χ0n) is 13.9. The van der Waals surface area contributed by atoms with Gasteiger partial charge in [-0.25, -0.2) is 4.98 Å². The van der Waals surface area contributed by atoms with Crippen LogP contribution in [-0.2, 0) is 11.2 Å². The normalized spacial score (nSPS) is 11.8. The van der Waals surface area contributed by atoms with E-state index in [4.69, 9.17) is 16.0 Å². The van der Waals surface area contributed by atoms with Gasteiger partial charge in [0.1, 0.15) is 6.04 Å². The van der Waals surface area contributed by atoms with E-state index in [0.717, 1.165) is 10.4 Å². The molecule has 2 amide bonds. The van der Waals surface area contributed by atoms with Gasteiger partial charge in [0.05, 0.1) is 6.26 Å². The minimum absolute atomic E-state index is 0.154. The molecule has 2 heterocycles. The number of nitrogens with zero attached hydrogens (tertiary/aromatic N) is 1. The van der Waals surface area contributed by atoms with Gasteiger partial charge in [0.2, 0.25) is 5.91 Å². The molecule has 2 aromatic heterocycles. The molecule has 0 fully saturated rings. The molecule has 0 aliphatic heterocycles. The molecular formula is C18H16ClN3O3S. The molecule has 1 atom stereocenters. The van der Waals surface area contributed by atoms with Crippen LogP contribution in [0.3, 0.4) is 0 Å². The van der Waals surface area contributed by atoms with Crippen LogP contribution in [0.4, 0.5) is 5.13 Å². The predicted molar refractivity (Wildman–Crippen MR) is 101 cm³/mol. The number of carbonyl (C=O) groups excluding carboxylic acids is 2. The second kappa shape index (κ2) is 8.16. The van der Waals surface area contributed by atoms with Gasteiger partial charge in [-0.05, 0) is 30.7 Å². The van der Waals surface area contributed by atoms with Crippen LogP contribution in [0.2, 0.25) is 5.02 Å². The summed E-state index contributed by atoms with van der Waals surface area (Å²) in [6.07, 6.45) is 3.74. The zero-order valence-corrected chi connectivity index (χ0v) is 15.4. The van der Waals surface area contributed by atoms with Crippen molar-refractivity contribution in [3.8, 4) is 0 Å². The summed E-state index contributed by atoms with van der Waals surface area (Å²) < 4.78 is 5.00. The largest absolute Gasteiger partial charge is 0.459 e. The first-order valence-electron chi connectivity index (χ1n) is 7.86. The molecule has 0 aliphatic carbocycles. The Kier molecular flexibility index (Phi) is 5.70. The van der Waals surface area contributed by atoms with E-state index < -0.39 is 11.9 Å². The fourth-order valence-electron chi connectivity index (χ4n) is 2.23. The highest BCUT2D eigenvalue weighted by Crippen LogP contribution is 2.24. The summed E-state index contributed by atoms with van der Waals surface area (Å²) in [6, 6.07) is 9.99. The standard InChI is InChI=1S/C18H16ClN3O3S/c1-11(21-17(24)15-7-4-8-25-15)16(23)22-18-20-10-13(26-18)9-12-5-2-3-6-14(12)19/h2-8,10-11H,9H2,1H3,(H,21,24)(H,20,22,23)/t11-/m0/s1. The van der Waals surface area contributed by atoms with E-state index in [0.29, 0.717) is 16.6 Å². The van der Waals surface area contributed by atoms with Crippen molar-refractivity contribution in [3.63, 3.8) is 0 Å². The maximum atomic E-state index is 12.2. The van der Waals surface area contributed by atoms with Crippen LogP contribution in [0, 0.1) is 0 Å². The monoisotopic (exact) mass is 389 g/mol. The van der Waals surface area contributed by atoms with E-state index in [-0.39, 0.29) is 11.7 Å². The quantitative estimate of drug-likeness (QED) is 0.672.